The Kier molecular flexibility index (Phi) is 2.01. The molecule has 3 nitrogen and oxygen atoms in total. The van der Waals surface area contributed by atoms with Gasteiger partial charge in [0.1, 0.15) is 11.9 Å². The summed E-state index contributed by atoms with van der Waals surface area (Å²) in [6.45, 7) is 5.72. The van der Waals surface area contributed by atoms with Gasteiger partial charge in [-0.2, -0.15) is 5.26 Å². The molecule has 62 valence electrons. The summed E-state index contributed by atoms with van der Waals surface area (Å²) >= 11 is 0. The fourth-order valence-corrected chi connectivity index (χ4v) is 1.11. The van der Waals surface area contributed by atoms with Crippen molar-refractivity contribution < 1.29 is 0 Å². The van der Waals surface area contributed by atoms with Crippen molar-refractivity contribution in [3.8, 4) is 6.07 Å². The van der Waals surface area contributed by atoms with Crippen molar-refractivity contribution in [3.63, 3.8) is 0 Å². The van der Waals surface area contributed by atoms with Crippen LogP contribution >= 0.6 is 0 Å². The van der Waals surface area contributed by atoms with Crippen LogP contribution in [0.3, 0.4) is 0 Å². The number of rotatable bonds is 0. The third kappa shape index (κ3) is 1.12. The molecule has 0 saturated heterocycles. The van der Waals surface area contributed by atoms with Crippen LogP contribution in [0.25, 0.3) is 0 Å². The summed E-state index contributed by atoms with van der Waals surface area (Å²) in [6, 6.07) is 2.04. The van der Waals surface area contributed by atoms with Crippen LogP contribution in [0.5, 0.6) is 0 Å². The van der Waals surface area contributed by atoms with Crippen molar-refractivity contribution in [2.45, 2.75) is 20.8 Å². The van der Waals surface area contributed by atoms with E-state index >= 15 is 0 Å². The topological polar surface area (TPSA) is 62.7 Å². The number of nitrogens with two attached hydrogens (primary N) is 1. The maximum Gasteiger partial charge on any atom is 0.141 e. The van der Waals surface area contributed by atoms with Gasteiger partial charge in [-0.15, -0.1) is 0 Å². The van der Waals surface area contributed by atoms with Gasteiger partial charge in [-0.3, -0.25) is 0 Å². The van der Waals surface area contributed by atoms with E-state index in [-0.39, 0.29) is 0 Å². The quantitative estimate of drug-likeness (QED) is 0.626. The highest BCUT2D eigenvalue weighted by Crippen LogP contribution is 2.19. The second-order valence-electron chi connectivity index (χ2n) is 2.82. The second-order valence-corrected chi connectivity index (χ2v) is 2.82. The number of hydrogen-bond acceptors (Lipinski definition) is 3. The average molecular weight is 161 g/mol. The molecule has 1 rings (SSSR count). The zero-order chi connectivity index (χ0) is 9.30. The number of hydrogen-bond donors (Lipinski definition) is 1. The molecule has 0 bridgehead atoms. The summed E-state index contributed by atoms with van der Waals surface area (Å²) in [6.07, 6.45) is 0. The maximum absolute atomic E-state index is 8.74. The van der Waals surface area contributed by atoms with Crippen LogP contribution in [0.1, 0.15) is 22.4 Å². The van der Waals surface area contributed by atoms with Crippen LogP contribution in [0.15, 0.2) is 0 Å². The Bertz CT molecular complexity index is 361. The first-order chi connectivity index (χ1) is 5.57. The predicted molar refractivity (Wildman–Crippen MR) is 47.6 cm³/mol. The molecule has 1 aromatic heterocycles. The lowest BCUT2D eigenvalue weighted by Crippen LogP contribution is -2.02. The maximum atomic E-state index is 8.74. The Morgan fingerprint density at radius 1 is 1.25 bits per heavy atom. The molecule has 0 aliphatic heterocycles. The molecule has 0 radical (unpaired) electrons. The van der Waals surface area contributed by atoms with Crippen molar-refractivity contribution in [2.24, 2.45) is 0 Å². The van der Waals surface area contributed by atoms with Gasteiger partial charge in [0.2, 0.25) is 0 Å². The van der Waals surface area contributed by atoms with Gasteiger partial charge >= 0.3 is 0 Å². The third-order valence-corrected chi connectivity index (χ3v) is 2.14. The molecule has 3 heteroatoms. The molecule has 1 aromatic rings. The first-order valence-corrected chi connectivity index (χ1v) is 3.71. The Morgan fingerprint density at radius 2 is 1.83 bits per heavy atom. The molecule has 12 heavy (non-hydrogen) atoms. The lowest BCUT2D eigenvalue weighted by Gasteiger charge is -2.07. The monoisotopic (exact) mass is 161 g/mol. The van der Waals surface area contributed by atoms with Crippen LogP contribution in [0.4, 0.5) is 5.82 Å². The highest BCUT2D eigenvalue weighted by molar-refractivity contribution is 5.56. The number of aryl methyl sites for hydroxylation is 1. The minimum Gasteiger partial charge on any atom is -0.383 e. The van der Waals surface area contributed by atoms with Crippen molar-refractivity contribution in [3.05, 3.63) is 22.4 Å². The van der Waals surface area contributed by atoms with Crippen molar-refractivity contribution >= 4 is 5.82 Å². The van der Waals surface area contributed by atoms with E-state index in [0.717, 1.165) is 16.8 Å². The third-order valence-electron chi connectivity index (χ3n) is 2.14. The van der Waals surface area contributed by atoms with Crippen molar-refractivity contribution in [1.82, 2.24) is 4.98 Å². The number of aromatic nitrogens is 1. The van der Waals surface area contributed by atoms with E-state index in [2.05, 4.69) is 4.98 Å². The number of nitrogen functional groups attached to an aromatic ring is 1. The molecule has 1 heterocycles. The van der Waals surface area contributed by atoms with Gasteiger partial charge in [0.05, 0.1) is 5.56 Å². The minimum atomic E-state index is 0.332. The summed E-state index contributed by atoms with van der Waals surface area (Å²) in [5.41, 5.74) is 8.93. The molecule has 0 aliphatic carbocycles. The van der Waals surface area contributed by atoms with Crippen molar-refractivity contribution in [1.29, 1.82) is 5.26 Å². The molecule has 2 N–H and O–H groups in total. The first-order valence-electron chi connectivity index (χ1n) is 3.71. The molecule has 0 saturated carbocycles. The average Bonchev–Trinajstić information content (AvgIpc) is 2.01. The molecule has 0 unspecified atom stereocenters. The SMILES string of the molecule is Cc1nc(N)c(C#N)c(C)c1C. The standard InChI is InChI=1S/C9H11N3/c1-5-6(2)8(4-10)9(11)12-7(5)3/h1-3H3,(H2,11,12). The van der Waals surface area contributed by atoms with Crippen LogP contribution in [-0.4, -0.2) is 4.98 Å². The van der Waals surface area contributed by atoms with E-state index in [1.807, 2.05) is 26.8 Å². The van der Waals surface area contributed by atoms with Crippen LogP contribution in [0.2, 0.25) is 0 Å². The number of nitriles is 1. The van der Waals surface area contributed by atoms with Crippen LogP contribution < -0.4 is 5.73 Å². The zero-order valence-corrected chi connectivity index (χ0v) is 7.47. The highest BCUT2D eigenvalue weighted by atomic mass is 14.8. The van der Waals surface area contributed by atoms with E-state index in [9.17, 15) is 0 Å². The Balaban J connectivity index is 3.54. The molecule has 0 fully saturated rings. The molecule has 0 spiro atoms. The van der Waals surface area contributed by atoms with Crippen LogP contribution in [-0.2, 0) is 0 Å². The fraction of sp³-hybridized carbons (Fsp3) is 0.333. The van der Waals surface area contributed by atoms with E-state index < -0.39 is 0 Å². The summed E-state index contributed by atoms with van der Waals surface area (Å²) in [4.78, 5) is 4.06. The molecular weight excluding hydrogens is 150 g/mol. The summed E-state index contributed by atoms with van der Waals surface area (Å²) in [5, 5.41) is 8.74. The summed E-state index contributed by atoms with van der Waals surface area (Å²) < 4.78 is 0. The van der Waals surface area contributed by atoms with Gasteiger partial charge in [-0.1, -0.05) is 0 Å². The van der Waals surface area contributed by atoms with Gasteiger partial charge in [-0.05, 0) is 31.9 Å². The van der Waals surface area contributed by atoms with E-state index in [1.54, 1.807) is 0 Å². The smallest absolute Gasteiger partial charge is 0.141 e. The van der Waals surface area contributed by atoms with Gasteiger partial charge in [0.25, 0.3) is 0 Å². The van der Waals surface area contributed by atoms with Crippen LogP contribution in [0, 0.1) is 32.1 Å². The largest absolute Gasteiger partial charge is 0.383 e. The van der Waals surface area contributed by atoms with Gasteiger partial charge in [0.15, 0.2) is 0 Å². The zero-order valence-electron chi connectivity index (χ0n) is 7.47. The van der Waals surface area contributed by atoms with Gasteiger partial charge < -0.3 is 5.73 Å². The Hall–Kier alpha value is -1.56. The molecule has 0 aromatic carbocycles. The van der Waals surface area contributed by atoms with E-state index in [4.69, 9.17) is 11.0 Å². The van der Waals surface area contributed by atoms with E-state index in [0.29, 0.717) is 11.4 Å². The normalized spacial score (nSPS) is 9.50. The lowest BCUT2D eigenvalue weighted by atomic mass is 10.0. The summed E-state index contributed by atoms with van der Waals surface area (Å²) in [5.74, 6) is 0.332. The predicted octanol–water partition coefficient (Wildman–Crippen LogP) is 1.46. The Labute approximate surface area is 71.8 Å². The molecule has 0 amide bonds. The Morgan fingerprint density at radius 3 is 2.33 bits per heavy atom. The fourth-order valence-electron chi connectivity index (χ4n) is 1.11. The number of nitrogens with zero attached hydrogens (tertiary/aromatic N) is 2. The second kappa shape index (κ2) is 2.82. The minimum absolute atomic E-state index is 0.332. The number of pyridine rings is 1. The highest BCUT2D eigenvalue weighted by Gasteiger charge is 2.08. The van der Waals surface area contributed by atoms with Gasteiger partial charge in [0, 0.05) is 5.69 Å². The molecular formula is C9H11N3. The molecule has 0 aliphatic rings. The van der Waals surface area contributed by atoms with Crippen molar-refractivity contribution in [2.75, 3.05) is 5.73 Å². The summed E-state index contributed by atoms with van der Waals surface area (Å²) in [7, 11) is 0. The first kappa shape index (κ1) is 8.54. The number of anilines is 1. The lowest BCUT2D eigenvalue weighted by molar-refractivity contribution is 1.12. The van der Waals surface area contributed by atoms with E-state index in [1.165, 1.54) is 0 Å². The van der Waals surface area contributed by atoms with Gasteiger partial charge in [-0.25, -0.2) is 4.98 Å². The molecule has 0 atom stereocenters.